The van der Waals surface area contributed by atoms with Crippen LogP contribution in [-0.4, -0.2) is 13.5 Å². The van der Waals surface area contributed by atoms with E-state index in [0.29, 0.717) is 0 Å². The van der Waals surface area contributed by atoms with Crippen LogP contribution in [0.5, 0.6) is 5.95 Å². The maximum atomic E-state index is 11.1. The lowest BCUT2D eigenvalue weighted by atomic mass is 10.3. The smallest absolute Gasteiger partial charge is 0.303 e. The Kier molecular flexibility index (Phi) is 1.76. The van der Waals surface area contributed by atoms with Crippen LogP contribution in [-0.2, 0) is 10.0 Å². The van der Waals surface area contributed by atoms with Crippen molar-refractivity contribution in [2.24, 2.45) is 5.14 Å². The van der Waals surface area contributed by atoms with Gasteiger partial charge in [-0.3, -0.25) is 0 Å². The van der Waals surface area contributed by atoms with Gasteiger partial charge in [0.15, 0.2) is 4.90 Å². The first kappa shape index (κ1) is 9.04. The van der Waals surface area contributed by atoms with Crippen LogP contribution in [0.1, 0.15) is 0 Å². The molecule has 0 aliphatic rings. The summed E-state index contributed by atoms with van der Waals surface area (Å²) in [6.07, 6.45) is 0. The summed E-state index contributed by atoms with van der Waals surface area (Å²) in [6.45, 7) is 0. The van der Waals surface area contributed by atoms with Crippen LogP contribution in [0.25, 0.3) is 11.0 Å². The minimum Gasteiger partial charge on any atom is -0.480 e. The number of nitrogens with two attached hydrogens (primary N) is 1. The fourth-order valence-electron chi connectivity index (χ4n) is 1.28. The summed E-state index contributed by atoms with van der Waals surface area (Å²) in [6, 6.07) is 6.35. The molecule has 0 radical (unpaired) electrons. The van der Waals surface area contributed by atoms with Crippen molar-refractivity contribution in [3.05, 3.63) is 24.3 Å². The molecule has 2 rings (SSSR count). The van der Waals surface area contributed by atoms with Crippen molar-refractivity contribution in [2.45, 2.75) is 4.90 Å². The molecule has 1 aromatic carbocycles. The molecule has 2 aromatic rings. The highest BCUT2D eigenvalue weighted by Crippen LogP contribution is 2.33. The topological polar surface area (TPSA) is 93.5 Å². The van der Waals surface area contributed by atoms with E-state index in [0.717, 1.165) is 0 Å². The van der Waals surface area contributed by atoms with Gasteiger partial charge >= 0.3 is 5.95 Å². The molecular formula is C8H7NO4S. The van der Waals surface area contributed by atoms with Crippen LogP contribution in [0.3, 0.4) is 0 Å². The largest absolute Gasteiger partial charge is 0.480 e. The number of fused-ring (bicyclic) bond motifs is 1. The molecule has 0 spiro atoms. The van der Waals surface area contributed by atoms with Gasteiger partial charge in [-0.05, 0) is 12.1 Å². The molecule has 74 valence electrons. The van der Waals surface area contributed by atoms with E-state index in [2.05, 4.69) is 0 Å². The van der Waals surface area contributed by atoms with Gasteiger partial charge in [0.2, 0.25) is 10.0 Å². The SMILES string of the molecule is NS(=O)(=O)c1c(O)oc2ccccc12. The van der Waals surface area contributed by atoms with Crippen molar-refractivity contribution < 1.29 is 17.9 Å². The van der Waals surface area contributed by atoms with Crippen molar-refractivity contribution in [3.8, 4) is 5.95 Å². The Labute approximate surface area is 79.8 Å². The predicted octanol–water partition coefficient (Wildman–Crippen LogP) is 0.786. The molecule has 1 heterocycles. The van der Waals surface area contributed by atoms with Gasteiger partial charge in [-0.2, -0.15) is 0 Å². The Morgan fingerprint density at radius 1 is 1.29 bits per heavy atom. The third kappa shape index (κ3) is 1.24. The molecule has 0 saturated carbocycles. The van der Waals surface area contributed by atoms with Gasteiger partial charge in [-0.1, -0.05) is 12.1 Å². The zero-order valence-corrected chi connectivity index (χ0v) is 7.78. The van der Waals surface area contributed by atoms with Crippen LogP contribution in [0.4, 0.5) is 0 Å². The van der Waals surface area contributed by atoms with Crippen LogP contribution in [0.15, 0.2) is 33.6 Å². The molecule has 0 fully saturated rings. The zero-order chi connectivity index (χ0) is 10.3. The molecule has 0 bridgehead atoms. The molecular weight excluding hydrogens is 206 g/mol. The molecule has 14 heavy (non-hydrogen) atoms. The minimum absolute atomic E-state index is 0.285. The number of hydrogen-bond acceptors (Lipinski definition) is 4. The van der Waals surface area contributed by atoms with Gasteiger partial charge in [0.05, 0.1) is 0 Å². The Morgan fingerprint density at radius 2 is 1.93 bits per heavy atom. The minimum atomic E-state index is -3.96. The second-order valence-corrected chi connectivity index (χ2v) is 4.28. The number of benzene rings is 1. The van der Waals surface area contributed by atoms with Gasteiger partial charge in [0, 0.05) is 5.39 Å². The first-order chi connectivity index (χ1) is 6.50. The first-order valence-corrected chi connectivity index (χ1v) is 5.28. The van der Waals surface area contributed by atoms with E-state index in [1.54, 1.807) is 18.2 Å². The highest BCUT2D eigenvalue weighted by atomic mass is 32.2. The Bertz CT molecular complexity index is 584. The van der Waals surface area contributed by atoms with Gasteiger partial charge in [-0.15, -0.1) is 0 Å². The predicted molar refractivity (Wildman–Crippen MR) is 49.3 cm³/mol. The summed E-state index contributed by atoms with van der Waals surface area (Å²) < 4.78 is 27.0. The van der Waals surface area contributed by atoms with Gasteiger partial charge in [-0.25, -0.2) is 13.6 Å². The number of hydrogen-bond donors (Lipinski definition) is 2. The zero-order valence-electron chi connectivity index (χ0n) is 6.97. The third-order valence-electron chi connectivity index (χ3n) is 1.82. The summed E-state index contributed by atoms with van der Waals surface area (Å²) in [5.74, 6) is -0.672. The number of furan rings is 1. The Morgan fingerprint density at radius 3 is 2.57 bits per heavy atom. The summed E-state index contributed by atoms with van der Waals surface area (Å²) in [7, 11) is -3.96. The molecule has 6 heteroatoms. The maximum Gasteiger partial charge on any atom is 0.303 e. The normalized spacial score (nSPS) is 12.1. The lowest BCUT2D eigenvalue weighted by Crippen LogP contribution is -2.11. The van der Waals surface area contributed by atoms with Gasteiger partial charge in [0.1, 0.15) is 5.58 Å². The number of sulfonamides is 1. The van der Waals surface area contributed by atoms with Crippen molar-refractivity contribution >= 4 is 21.0 Å². The third-order valence-corrected chi connectivity index (χ3v) is 2.78. The number of rotatable bonds is 1. The van der Waals surface area contributed by atoms with E-state index in [1.807, 2.05) is 0 Å². The maximum absolute atomic E-state index is 11.1. The molecule has 0 unspecified atom stereocenters. The highest BCUT2D eigenvalue weighted by Gasteiger charge is 2.22. The Hall–Kier alpha value is -1.53. The second-order valence-electron chi connectivity index (χ2n) is 2.78. The average Bonchev–Trinajstić information content (AvgIpc) is 2.38. The van der Waals surface area contributed by atoms with Crippen LogP contribution in [0.2, 0.25) is 0 Å². The van der Waals surface area contributed by atoms with E-state index >= 15 is 0 Å². The molecule has 0 aliphatic heterocycles. The lowest BCUT2D eigenvalue weighted by molar-refractivity contribution is 0.334. The van der Waals surface area contributed by atoms with Crippen molar-refractivity contribution in [2.75, 3.05) is 0 Å². The summed E-state index contributed by atoms with van der Waals surface area (Å²) in [5.41, 5.74) is 0.286. The van der Waals surface area contributed by atoms with E-state index in [4.69, 9.17) is 9.56 Å². The molecule has 0 atom stereocenters. The summed E-state index contributed by atoms with van der Waals surface area (Å²) in [5, 5.41) is 14.4. The van der Waals surface area contributed by atoms with Gasteiger partial charge in [0.25, 0.3) is 0 Å². The molecule has 3 N–H and O–H groups in total. The molecule has 0 amide bonds. The fourth-order valence-corrected chi connectivity index (χ4v) is 2.04. The molecule has 1 aromatic heterocycles. The van der Waals surface area contributed by atoms with Crippen molar-refractivity contribution in [3.63, 3.8) is 0 Å². The van der Waals surface area contributed by atoms with E-state index in [9.17, 15) is 13.5 Å². The second kappa shape index (κ2) is 2.73. The number of primary sulfonamides is 1. The fraction of sp³-hybridized carbons (Fsp3) is 0. The van der Waals surface area contributed by atoms with Crippen LogP contribution >= 0.6 is 0 Å². The van der Waals surface area contributed by atoms with Crippen LogP contribution < -0.4 is 5.14 Å². The first-order valence-electron chi connectivity index (χ1n) is 3.73. The molecule has 0 saturated heterocycles. The summed E-state index contributed by atoms with van der Waals surface area (Å²) >= 11 is 0. The Balaban J connectivity index is 2.95. The molecule has 5 nitrogen and oxygen atoms in total. The lowest BCUT2D eigenvalue weighted by Gasteiger charge is -1.92. The number of para-hydroxylation sites is 1. The van der Waals surface area contributed by atoms with E-state index < -0.39 is 16.0 Å². The van der Waals surface area contributed by atoms with E-state index in [-0.39, 0.29) is 15.9 Å². The van der Waals surface area contributed by atoms with Crippen LogP contribution in [0, 0.1) is 0 Å². The standard InChI is InChI=1S/C8H7NO4S/c9-14(11,12)7-5-3-1-2-4-6(5)13-8(7)10/h1-4,10H,(H2,9,11,12). The molecule has 0 aliphatic carbocycles. The average molecular weight is 213 g/mol. The van der Waals surface area contributed by atoms with Gasteiger partial charge < -0.3 is 9.52 Å². The highest BCUT2D eigenvalue weighted by molar-refractivity contribution is 7.89. The van der Waals surface area contributed by atoms with Crippen molar-refractivity contribution in [1.29, 1.82) is 0 Å². The number of aromatic hydroxyl groups is 1. The van der Waals surface area contributed by atoms with Crippen molar-refractivity contribution in [1.82, 2.24) is 0 Å². The van der Waals surface area contributed by atoms with E-state index in [1.165, 1.54) is 6.07 Å². The quantitative estimate of drug-likeness (QED) is 0.732. The monoisotopic (exact) mass is 213 g/mol. The summed E-state index contributed by atoms with van der Waals surface area (Å²) in [4.78, 5) is -0.367.